The molecular formula is C15H19NO3. The summed E-state index contributed by atoms with van der Waals surface area (Å²) in [4.78, 5) is 14.3. The molecule has 2 aliphatic heterocycles. The molecule has 4 heteroatoms. The molecule has 0 spiro atoms. The van der Waals surface area contributed by atoms with Gasteiger partial charge in [-0.3, -0.25) is 4.79 Å². The number of fused-ring (bicyclic) bond motifs is 1. The third kappa shape index (κ3) is 1.95. The summed E-state index contributed by atoms with van der Waals surface area (Å²) in [6.45, 7) is 3.41. The van der Waals surface area contributed by atoms with E-state index in [1.54, 1.807) is 4.90 Å². The van der Waals surface area contributed by atoms with Crippen LogP contribution in [0.25, 0.3) is 0 Å². The summed E-state index contributed by atoms with van der Waals surface area (Å²) in [5, 5.41) is 0. The highest BCUT2D eigenvalue weighted by molar-refractivity contribution is 6.07. The molecule has 4 nitrogen and oxygen atoms in total. The molecular weight excluding hydrogens is 242 g/mol. The summed E-state index contributed by atoms with van der Waals surface area (Å²) in [7, 11) is 1.83. The van der Waals surface area contributed by atoms with Crippen LogP contribution in [-0.2, 0) is 19.7 Å². The number of ether oxygens (including phenoxy) is 2. The van der Waals surface area contributed by atoms with Crippen molar-refractivity contribution in [3.05, 3.63) is 29.8 Å². The molecule has 1 aromatic rings. The van der Waals surface area contributed by atoms with Crippen molar-refractivity contribution >= 4 is 11.6 Å². The molecule has 1 saturated heterocycles. The van der Waals surface area contributed by atoms with Crippen LogP contribution in [0.1, 0.15) is 25.3 Å². The van der Waals surface area contributed by atoms with E-state index in [4.69, 9.17) is 9.47 Å². The molecule has 1 fully saturated rings. The van der Waals surface area contributed by atoms with Crippen LogP contribution in [0, 0.1) is 0 Å². The fourth-order valence-electron chi connectivity index (χ4n) is 3.01. The summed E-state index contributed by atoms with van der Waals surface area (Å²) < 4.78 is 11.2. The van der Waals surface area contributed by atoms with Crippen LogP contribution in [0.4, 0.5) is 5.69 Å². The minimum Gasteiger partial charge on any atom is -0.353 e. The third-order valence-electron chi connectivity index (χ3n) is 4.11. The molecule has 19 heavy (non-hydrogen) atoms. The summed E-state index contributed by atoms with van der Waals surface area (Å²) >= 11 is 0. The highest BCUT2D eigenvalue weighted by Crippen LogP contribution is 2.44. The van der Waals surface area contributed by atoms with Crippen molar-refractivity contribution in [3.8, 4) is 0 Å². The number of amides is 1. The molecule has 0 radical (unpaired) electrons. The minimum atomic E-state index is -0.548. The van der Waals surface area contributed by atoms with Gasteiger partial charge in [-0.15, -0.1) is 0 Å². The molecule has 2 aliphatic rings. The zero-order valence-corrected chi connectivity index (χ0v) is 11.4. The molecule has 1 unspecified atom stereocenters. The first-order valence-corrected chi connectivity index (χ1v) is 6.74. The van der Waals surface area contributed by atoms with Crippen LogP contribution in [0.2, 0.25) is 0 Å². The second-order valence-electron chi connectivity index (χ2n) is 5.44. The Morgan fingerprint density at radius 2 is 2.00 bits per heavy atom. The normalized spacial score (nSPS) is 27.7. The van der Waals surface area contributed by atoms with Gasteiger partial charge in [0.15, 0.2) is 6.29 Å². The van der Waals surface area contributed by atoms with Gasteiger partial charge in [-0.1, -0.05) is 18.2 Å². The molecule has 0 saturated carbocycles. The number of hydrogen-bond acceptors (Lipinski definition) is 3. The first-order valence-electron chi connectivity index (χ1n) is 6.74. The minimum absolute atomic E-state index is 0.117. The zero-order chi connectivity index (χ0) is 13.5. The lowest BCUT2D eigenvalue weighted by Gasteiger charge is -2.30. The number of anilines is 1. The predicted octanol–water partition coefficient (Wildman–Crippen LogP) is 2.07. The van der Waals surface area contributed by atoms with Crippen molar-refractivity contribution in [2.45, 2.75) is 31.5 Å². The molecule has 1 atom stereocenters. The van der Waals surface area contributed by atoms with E-state index in [1.165, 1.54) is 0 Å². The van der Waals surface area contributed by atoms with E-state index >= 15 is 0 Å². The Balaban J connectivity index is 1.91. The van der Waals surface area contributed by atoms with Gasteiger partial charge in [-0.05, 0) is 25.0 Å². The maximum Gasteiger partial charge on any atom is 0.237 e. The molecule has 3 rings (SSSR count). The fourth-order valence-corrected chi connectivity index (χ4v) is 3.01. The quantitative estimate of drug-likeness (QED) is 0.818. The summed E-state index contributed by atoms with van der Waals surface area (Å²) in [5.74, 6) is 0.117. The lowest BCUT2D eigenvalue weighted by molar-refractivity contribution is -0.188. The first kappa shape index (κ1) is 12.6. The largest absolute Gasteiger partial charge is 0.353 e. The lowest BCUT2D eigenvalue weighted by Crippen LogP contribution is -2.41. The van der Waals surface area contributed by atoms with Crippen LogP contribution in [0.15, 0.2) is 24.3 Å². The van der Waals surface area contributed by atoms with Gasteiger partial charge in [0.05, 0.1) is 18.6 Å². The Hall–Kier alpha value is -1.39. The number of nitrogens with zero attached hydrogens (tertiary/aromatic N) is 1. The summed E-state index contributed by atoms with van der Waals surface area (Å²) in [6.07, 6.45) is 1.23. The lowest BCUT2D eigenvalue weighted by atomic mass is 9.80. The number of carbonyl (C=O) groups is 1. The number of para-hydroxylation sites is 1. The van der Waals surface area contributed by atoms with Gasteiger partial charge in [-0.2, -0.15) is 0 Å². The van der Waals surface area contributed by atoms with Crippen molar-refractivity contribution < 1.29 is 14.3 Å². The molecule has 1 aromatic carbocycles. The van der Waals surface area contributed by atoms with Gasteiger partial charge < -0.3 is 14.4 Å². The zero-order valence-electron chi connectivity index (χ0n) is 11.4. The number of hydrogen-bond donors (Lipinski definition) is 0. The number of benzene rings is 1. The van der Waals surface area contributed by atoms with E-state index in [0.717, 1.165) is 17.7 Å². The smallest absolute Gasteiger partial charge is 0.237 e. The highest BCUT2D eigenvalue weighted by Gasteiger charge is 2.47. The third-order valence-corrected chi connectivity index (χ3v) is 4.11. The van der Waals surface area contributed by atoms with Gasteiger partial charge >= 0.3 is 0 Å². The van der Waals surface area contributed by atoms with Crippen LogP contribution in [0.5, 0.6) is 0 Å². The average molecular weight is 261 g/mol. The van der Waals surface area contributed by atoms with Gasteiger partial charge in [0.2, 0.25) is 5.91 Å². The van der Waals surface area contributed by atoms with E-state index in [2.05, 4.69) is 0 Å². The first-order chi connectivity index (χ1) is 9.13. The van der Waals surface area contributed by atoms with Gasteiger partial charge in [0, 0.05) is 19.2 Å². The van der Waals surface area contributed by atoms with Gasteiger partial charge in [0.25, 0.3) is 0 Å². The van der Waals surface area contributed by atoms with E-state index < -0.39 is 5.41 Å². The molecule has 0 bridgehead atoms. The Kier molecular flexibility index (Phi) is 3.07. The van der Waals surface area contributed by atoms with Crippen molar-refractivity contribution in [1.82, 2.24) is 0 Å². The maximum absolute atomic E-state index is 12.6. The van der Waals surface area contributed by atoms with E-state index in [-0.39, 0.29) is 12.2 Å². The second-order valence-corrected chi connectivity index (χ2v) is 5.44. The Morgan fingerprint density at radius 1 is 1.32 bits per heavy atom. The van der Waals surface area contributed by atoms with Crippen molar-refractivity contribution in [1.29, 1.82) is 0 Å². The Labute approximate surface area is 113 Å². The molecule has 0 aliphatic carbocycles. The standard InChI is InChI=1S/C15H19NO3/c1-15(10-13-18-8-5-9-19-13)11-6-3-4-7-12(11)16(2)14(15)17/h3-4,6-7,13H,5,8-10H2,1-2H3. The Bertz CT molecular complexity index is 496. The monoisotopic (exact) mass is 261 g/mol. The predicted molar refractivity (Wildman–Crippen MR) is 72.1 cm³/mol. The molecule has 0 N–H and O–H groups in total. The summed E-state index contributed by atoms with van der Waals surface area (Å²) in [6, 6.07) is 7.95. The maximum atomic E-state index is 12.6. The topological polar surface area (TPSA) is 38.8 Å². The fraction of sp³-hybridized carbons (Fsp3) is 0.533. The van der Waals surface area contributed by atoms with E-state index in [0.29, 0.717) is 19.6 Å². The van der Waals surface area contributed by atoms with E-state index in [9.17, 15) is 4.79 Å². The average Bonchev–Trinajstić information content (AvgIpc) is 2.63. The molecule has 2 heterocycles. The molecule has 0 aromatic heterocycles. The number of carbonyl (C=O) groups excluding carboxylic acids is 1. The SMILES string of the molecule is CN1C(=O)C(C)(CC2OCCCO2)c2ccccc21. The Morgan fingerprint density at radius 3 is 2.74 bits per heavy atom. The van der Waals surface area contributed by atoms with Crippen molar-refractivity contribution in [2.75, 3.05) is 25.2 Å². The molecule has 102 valence electrons. The van der Waals surface area contributed by atoms with E-state index in [1.807, 2.05) is 38.2 Å². The number of rotatable bonds is 2. The highest BCUT2D eigenvalue weighted by atomic mass is 16.7. The van der Waals surface area contributed by atoms with Crippen LogP contribution in [-0.4, -0.2) is 32.5 Å². The van der Waals surface area contributed by atoms with Crippen LogP contribution < -0.4 is 4.90 Å². The number of likely N-dealkylation sites (N-methyl/N-ethyl adjacent to an activating group) is 1. The second kappa shape index (κ2) is 4.62. The van der Waals surface area contributed by atoms with Crippen molar-refractivity contribution in [3.63, 3.8) is 0 Å². The van der Waals surface area contributed by atoms with Gasteiger partial charge in [0.1, 0.15) is 0 Å². The van der Waals surface area contributed by atoms with Crippen LogP contribution in [0.3, 0.4) is 0 Å². The molecule has 1 amide bonds. The summed E-state index contributed by atoms with van der Waals surface area (Å²) in [5.41, 5.74) is 1.51. The van der Waals surface area contributed by atoms with Crippen LogP contribution >= 0.6 is 0 Å². The van der Waals surface area contributed by atoms with Crippen molar-refractivity contribution in [2.24, 2.45) is 0 Å². The van der Waals surface area contributed by atoms with Gasteiger partial charge in [-0.25, -0.2) is 0 Å².